The molecular weight excluding hydrogens is 286 g/mol. The molecule has 1 N–H and O–H groups in total. The lowest BCUT2D eigenvalue weighted by atomic mass is 10.1. The molecule has 2 rings (SSSR count). The third kappa shape index (κ3) is 3.39. The van der Waals surface area contributed by atoms with Gasteiger partial charge in [-0.15, -0.1) is 0 Å². The van der Waals surface area contributed by atoms with Gasteiger partial charge in [-0.25, -0.2) is 4.98 Å². The Hall–Kier alpha value is -1.53. The number of aliphatic hydroxyl groups is 1. The normalized spacial score (nSPS) is 11.9. The fourth-order valence-electron chi connectivity index (χ4n) is 2.26. The van der Waals surface area contributed by atoms with Crippen LogP contribution in [0.2, 0.25) is 0 Å². The molecular formula is C15H21N3O2S. The number of aromatic nitrogens is 2. The first-order chi connectivity index (χ1) is 9.87. The van der Waals surface area contributed by atoms with E-state index >= 15 is 0 Å². The van der Waals surface area contributed by atoms with Crippen LogP contribution in [-0.2, 0) is 0 Å². The first-order valence-corrected chi connectivity index (χ1v) is 8.12. The summed E-state index contributed by atoms with van der Waals surface area (Å²) >= 11 is 1.50. The Balaban J connectivity index is 2.43. The van der Waals surface area contributed by atoms with Gasteiger partial charge in [0.15, 0.2) is 10.9 Å². The summed E-state index contributed by atoms with van der Waals surface area (Å²) in [6, 6.07) is 5.69. The van der Waals surface area contributed by atoms with Gasteiger partial charge in [0, 0.05) is 19.3 Å². The minimum absolute atomic E-state index is 0.149. The lowest BCUT2D eigenvalue weighted by molar-refractivity contribution is 0.0312. The molecule has 0 unspecified atom stereocenters. The molecule has 0 saturated carbocycles. The molecule has 0 fully saturated rings. The van der Waals surface area contributed by atoms with E-state index in [1.165, 1.54) is 11.8 Å². The highest BCUT2D eigenvalue weighted by Crippen LogP contribution is 2.21. The number of rotatable bonds is 5. The lowest BCUT2D eigenvalue weighted by Gasteiger charge is -2.27. The Bertz CT molecular complexity index is 646. The number of carbonyl (C=O) groups is 1. The summed E-state index contributed by atoms with van der Waals surface area (Å²) in [6.45, 7) is 6.10. The van der Waals surface area contributed by atoms with Crippen molar-refractivity contribution in [1.29, 1.82) is 0 Å². The first-order valence-electron chi connectivity index (χ1n) is 6.90. The van der Waals surface area contributed by atoms with Crippen molar-refractivity contribution in [2.24, 2.45) is 0 Å². The van der Waals surface area contributed by atoms with Crippen LogP contribution >= 0.6 is 11.8 Å². The number of nitrogens with zero attached hydrogens (tertiary/aromatic N) is 3. The monoisotopic (exact) mass is 307 g/mol. The number of amides is 1. The van der Waals surface area contributed by atoms with Crippen molar-refractivity contribution in [3.05, 3.63) is 30.1 Å². The summed E-state index contributed by atoms with van der Waals surface area (Å²) in [4.78, 5) is 18.8. The van der Waals surface area contributed by atoms with E-state index < -0.39 is 5.60 Å². The van der Waals surface area contributed by atoms with Crippen molar-refractivity contribution in [3.8, 4) is 0 Å². The zero-order valence-electron chi connectivity index (χ0n) is 12.8. The second kappa shape index (κ2) is 6.07. The molecule has 2 heterocycles. The van der Waals surface area contributed by atoms with Crippen LogP contribution < -0.4 is 0 Å². The van der Waals surface area contributed by atoms with Crippen LogP contribution in [0.15, 0.2) is 29.6 Å². The van der Waals surface area contributed by atoms with Crippen LogP contribution in [0.3, 0.4) is 0 Å². The molecule has 2 aromatic heterocycles. The SMILES string of the molecule is CCN(CC(C)(C)O)C(=O)c1nc(SC)n2ccccc12. The summed E-state index contributed by atoms with van der Waals surface area (Å²) in [5.41, 5.74) is 0.302. The summed E-state index contributed by atoms with van der Waals surface area (Å²) < 4.78 is 1.91. The molecule has 0 aliphatic heterocycles. The Morgan fingerprint density at radius 3 is 2.76 bits per heavy atom. The van der Waals surface area contributed by atoms with Gasteiger partial charge in [-0.05, 0) is 39.2 Å². The van der Waals surface area contributed by atoms with E-state index in [9.17, 15) is 9.90 Å². The third-order valence-corrected chi connectivity index (χ3v) is 3.80. The Labute approximate surface area is 129 Å². The second-order valence-corrected chi connectivity index (χ2v) is 6.31. The van der Waals surface area contributed by atoms with Crippen LogP contribution in [-0.4, -0.2) is 50.2 Å². The molecule has 114 valence electrons. The molecule has 0 bridgehead atoms. The Morgan fingerprint density at radius 1 is 1.48 bits per heavy atom. The Morgan fingerprint density at radius 2 is 2.19 bits per heavy atom. The molecule has 5 nitrogen and oxygen atoms in total. The van der Waals surface area contributed by atoms with Crippen molar-refractivity contribution >= 4 is 23.2 Å². The molecule has 0 aromatic carbocycles. The number of imidazole rings is 1. The highest BCUT2D eigenvalue weighted by atomic mass is 32.2. The van der Waals surface area contributed by atoms with E-state index in [1.807, 2.05) is 42.0 Å². The molecule has 21 heavy (non-hydrogen) atoms. The van der Waals surface area contributed by atoms with Gasteiger partial charge in [0.05, 0.1) is 11.1 Å². The molecule has 2 aromatic rings. The standard InChI is InChI=1S/C15H21N3O2S/c1-5-17(10-15(2,3)20)13(19)12-11-8-6-7-9-18(11)14(16-12)21-4/h6-9,20H,5,10H2,1-4H3. The van der Waals surface area contributed by atoms with E-state index in [0.717, 1.165) is 10.7 Å². The van der Waals surface area contributed by atoms with Gasteiger partial charge in [0.1, 0.15) is 0 Å². The smallest absolute Gasteiger partial charge is 0.274 e. The van der Waals surface area contributed by atoms with Crippen LogP contribution in [0.5, 0.6) is 0 Å². The topological polar surface area (TPSA) is 57.8 Å². The zero-order chi connectivity index (χ0) is 15.6. The fourth-order valence-corrected chi connectivity index (χ4v) is 2.79. The number of pyridine rings is 1. The van der Waals surface area contributed by atoms with Gasteiger partial charge in [-0.2, -0.15) is 0 Å². The van der Waals surface area contributed by atoms with Crippen LogP contribution in [0.4, 0.5) is 0 Å². The van der Waals surface area contributed by atoms with Crippen LogP contribution in [0.1, 0.15) is 31.3 Å². The van der Waals surface area contributed by atoms with Gasteiger partial charge < -0.3 is 10.0 Å². The maximum Gasteiger partial charge on any atom is 0.274 e. The average Bonchev–Trinajstić information content (AvgIpc) is 2.82. The number of likely N-dealkylation sites (N-methyl/N-ethyl adjacent to an activating group) is 1. The number of hydrogen-bond donors (Lipinski definition) is 1. The van der Waals surface area contributed by atoms with Gasteiger partial charge >= 0.3 is 0 Å². The predicted octanol–water partition coefficient (Wildman–Crippen LogP) is 2.29. The minimum Gasteiger partial charge on any atom is -0.389 e. The molecule has 1 amide bonds. The van der Waals surface area contributed by atoms with Crippen LogP contribution in [0.25, 0.3) is 5.52 Å². The van der Waals surface area contributed by atoms with E-state index in [4.69, 9.17) is 0 Å². The maximum absolute atomic E-state index is 12.7. The highest BCUT2D eigenvalue weighted by Gasteiger charge is 2.26. The summed E-state index contributed by atoms with van der Waals surface area (Å²) in [7, 11) is 0. The Kier molecular flexibility index (Phi) is 4.58. The largest absolute Gasteiger partial charge is 0.389 e. The molecule has 0 saturated heterocycles. The molecule has 0 atom stereocenters. The fraction of sp³-hybridized carbons (Fsp3) is 0.467. The second-order valence-electron chi connectivity index (χ2n) is 5.53. The maximum atomic E-state index is 12.7. The van der Waals surface area contributed by atoms with E-state index in [-0.39, 0.29) is 12.5 Å². The van der Waals surface area contributed by atoms with E-state index in [2.05, 4.69) is 4.98 Å². The van der Waals surface area contributed by atoms with Crippen molar-refractivity contribution in [1.82, 2.24) is 14.3 Å². The molecule has 0 radical (unpaired) electrons. The number of hydrogen-bond acceptors (Lipinski definition) is 4. The summed E-state index contributed by atoms with van der Waals surface area (Å²) in [5.74, 6) is -0.149. The van der Waals surface area contributed by atoms with Crippen molar-refractivity contribution in [2.45, 2.75) is 31.5 Å². The summed E-state index contributed by atoms with van der Waals surface area (Å²) in [5, 5.41) is 10.7. The highest BCUT2D eigenvalue weighted by molar-refractivity contribution is 7.98. The number of thioether (sulfide) groups is 1. The van der Waals surface area contributed by atoms with Gasteiger partial charge in [-0.1, -0.05) is 17.8 Å². The van der Waals surface area contributed by atoms with Crippen molar-refractivity contribution in [2.75, 3.05) is 19.3 Å². The zero-order valence-corrected chi connectivity index (χ0v) is 13.6. The van der Waals surface area contributed by atoms with Gasteiger partial charge in [0.2, 0.25) is 0 Å². The van der Waals surface area contributed by atoms with E-state index in [0.29, 0.717) is 12.2 Å². The predicted molar refractivity (Wildman–Crippen MR) is 84.8 cm³/mol. The summed E-state index contributed by atoms with van der Waals surface area (Å²) in [6.07, 6.45) is 3.83. The van der Waals surface area contributed by atoms with E-state index in [1.54, 1.807) is 18.7 Å². The lowest BCUT2D eigenvalue weighted by Crippen LogP contribution is -2.42. The first kappa shape index (κ1) is 15.9. The molecule has 0 spiro atoms. The molecule has 0 aliphatic rings. The van der Waals surface area contributed by atoms with Gasteiger partial charge in [0.25, 0.3) is 5.91 Å². The molecule has 6 heteroatoms. The van der Waals surface area contributed by atoms with Crippen LogP contribution in [0, 0.1) is 0 Å². The minimum atomic E-state index is -0.927. The third-order valence-electron chi connectivity index (χ3n) is 3.15. The molecule has 0 aliphatic carbocycles. The van der Waals surface area contributed by atoms with Crippen molar-refractivity contribution < 1.29 is 9.90 Å². The quantitative estimate of drug-likeness (QED) is 0.861. The number of fused-ring (bicyclic) bond motifs is 1. The number of carbonyl (C=O) groups excluding carboxylic acids is 1. The van der Waals surface area contributed by atoms with Crippen molar-refractivity contribution in [3.63, 3.8) is 0 Å². The van der Waals surface area contributed by atoms with Gasteiger partial charge in [-0.3, -0.25) is 9.20 Å². The average molecular weight is 307 g/mol.